The lowest BCUT2D eigenvalue weighted by molar-refractivity contribution is -0.124. The van der Waals surface area contributed by atoms with E-state index in [0.717, 1.165) is 18.7 Å². The number of halogens is 2. The van der Waals surface area contributed by atoms with Crippen LogP contribution in [0.5, 0.6) is 0 Å². The first-order valence-corrected chi connectivity index (χ1v) is 7.02. The molecule has 0 aliphatic rings. The Morgan fingerprint density at radius 2 is 1.70 bits per heavy atom. The lowest BCUT2D eigenvalue weighted by atomic mass is 9.95. The molecule has 20 heavy (non-hydrogen) atoms. The largest absolute Gasteiger partial charge is 0.293 e. The van der Waals surface area contributed by atoms with Crippen molar-refractivity contribution in [3.8, 4) is 0 Å². The minimum Gasteiger partial charge on any atom is -0.293 e. The number of nitrogens with zero attached hydrogens (tertiary/aromatic N) is 1. The molecule has 0 amide bonds. The van der Waals surface area contributed by atoms with E-state index in [2.05, 4.69) is 18.7 Å². The number of carbonyl (C=O) groups excluding carboxylic acids is 1. The Morgan fingerprint density at radius 1 is 1.20 bits per heavy atom. The van der Waals surface area contributed by atoms with E-state index in [1.165, 1.54) is 0 Å². The highest BCUT2D eigenvalue weighted by Crippen LogP contribution is 2.17. The van der Waals surface area contributed by atoms with Gasteiger partial charge in [-0.3, -0.25) is 9.69 Å². The summed E-state index contributed by atoms with van der Waals surface area (Å²) in [7, 11) is 0. The van der Waals surface area contributed by atoms with Crippen molar-refractivity contribution in [2.45, 2.75) is 33.2 Å². The molecule has 0 bridgehead atoms. The second-order valence-corrected chi connectivity index (χ2v) is 5.42. The van der Waals surface area contributed by atoms with E-state index in [-0.39, 0.29) is 22.8 Å². The number of ketones is 1. The second-order valence-electron chi connectivity index (χ2n) is 4.98. The van der Waals surface area contributed by atoms with E-state index in [1.54, 1.807) is 6.08 Å². The number of hydrogen-bond donors (Lipinski definition) is 0. The maximum atomic E-state index is 12.3. The van der Waals surface area contributed by atoms with Gasteiger partial charge >= 0.3 is 0 Å². The zero-order valence-corrected chi connectivity index (χ0v) is 15.0. The van der Waals surface area contributed by atoms with Gasteiger partial charge in [0.05, 0.1) is 5.54 Å². The lowest BCUT2D eigenvalue weighted by Gasteiger charge is -2.34. The standard InChI is InChI=1S/C16H22ClNO.BrH/c1-5-18(6-2)16(3,4)15(19)12-9-13-7-10-14(17)11-8-13;/h7-12H,5-6H2,1-4H3;1H/b12-9+;. The Hall–Kier alpha value is -0.640. The van der Waals surface area contributed by atoms with Gasteiger partial charge in [0.1, 0.15) is 0 Å². The maximum Gasteiger partial charge on any atom is 0.175 e. The fraction of sp³-hybridized carbons (Fsp3) is 0.438. The topological polar surface area (TPSA) is 20.3 Å². The number of benzene rings is 1. The van der Waals surface area contributed by atoms with E-state index in [9.17, 15) is 4.79 Å². The van der Waals surface area contributed by atoms with Crippen LogP contribution in [0.25, 0.3) is 6.08 Å². The third kappa shape index (κ3) is 5.04. The van der Waals surface area contributed by atoms with E-state index in [0.29, 0.717) is 5.02 Å². The lowest BCUT2D eigenvalue weighted by Crippen LogP contribution is -2.49. The van der Waals surface area contributed by atoms with Crippen LogP contribution in [-0.2, 0) is 4.79 Å². The van der Waals surface area contributed by atoms with E-state index >= 15 is 0 Å². The van der Waals surface area contributed by atoms with Crippen molar-refractivity contribution in [2.24, 2.45) is 0 Å². The highest BCUT2D eigenvalue weighted by atomic mass is 79.9. The molecule has 0 spiro atoms. The van der Waals surface area contributed by atoms with Crippen molar-refractivity contribution >= 4 is 40.4 Å². The summed E-state index contributed by atoms with van der Waals surface area (Å²) in [4.78, 5) is 14.5. The summed E-state index contributed by atoms with van der Waals surface area (Å²) in [6, 6.07) is 7.44. The SMILES string of the molecule is Br.CCN(CC)C(C)(C)C(=O)/C=C/c1ccc(Cl)cc1. The molecule has 0 aliphatic heterocycles. The van der Waals surface area contributed by atoms with Crippen LogP contribution in [0.4, 0.5) is 0 Å². The normalized spacial score (nSPS) is 11.7. The molecule has 1 rings (SSSR count). The van der Waals surface area contributed by atoms with Gasteiger partial charge in [-0.15, -0.1) is 17.0 Å². The van der Waals surface area contributed by atoms with Crippen LogP contribution in [0.3, 0.4) is 0 Å². The van der Waals surface area contributed by atoms with Crippen molar-refractivity contribution < 1.29 is 4.79 Å². The summed E-state index contributed by atoms with van der Waals surface area (Å²) >= 11 is 5.83. The molecule has 0 saturated carbocycles. The zero-order valence-electron chi connectivity index (χ0n) is 12.5. The minimum atomic E-state index is -0.466. The zero-order chi connectivity index (χ0) is 14.5. The summed E-state index contributed by atoms with van der Waals surface area (Å²) < 4.78 is 0. The maximum absolute atomic E-state index is 12.3. The van der Waals surface area contributed by atoms with E-state index < -0.39 is 5.54 Å². The Morgan fingerprint density at radius 3 is 2.15 bits per heavy atom. The molecule has 0 aromatic heterocycles. The van der Waals surface area contributed by atoms with Crippen LogP contribution < -0.4 is 0 Å². The fourth-order valence-corrected chi connectivity index (χ4v) is 2.25. The smallest absolute Gasteiger partial charge is 0.175 e. The molecular weight excluding hydrogens is 338 g/mol. The molecule has 112 valence electrons. The quantitative estimate of drug-likeness (QED) is 0.690. The van der Waals surface area contributed by atoms with Crippen LogP contribution >= 0.6 is 28.6 Å². The first-order valence-electron chi connectivity index (χ1n) is 6.65. The third-order valence-corrected chi connectivity index (χ3v) is 3.71. The van der Waals surface area contributed by atoms with Crippen molar-refractivity contribution in [1.29, 1.82) is 0 Å². The molecule has 0 heterocycles. The predicted molar refractivity (Wildman–Crippen MR) is 92.8 cm³/mol. The molecule has 2 nitrogen and oxygen atoms in total. The number of likely N-dealkylation sites (N-methyl/N-ethyl adjacent to an activating group) is 1. The van der Waals surface area contributed by atoms with Gasteiger partial charge in [-0.05, 0) is 50.7 Å². The molecule has 4 heteroatoms. The molecule has 0 aliphatic carbocycles. The molecule has 0 fully saturated rings. The Bertz CT molecular complexity index is 450. The van der Waals surface area contributed by atoms with Gasteiger partial charge in [0.15, 0.2) is 5.78 Å². The molecule has 0 saturated heterocycles. The minimum absolute atomic E-state index is 0. The molecule has 0 unspecified atom stereocenters. The van der Waals surface area contributed by atoms with Crippen LogP contribution in [0.2, 0.25) is 5.02 Å². The molecule has 1 aromatic carbocycles. The number of carbonyl (C=O) groups is 1. The third-order valence-electron chi connectivity index (χ3n) is 3.45. The summed E-state index contributed by atoms with van der Waals surface area (Å²) in [5, 5.41) is 0.701. The first-order chi connectivity index (χ1) is 8.91. The van der Waals surface area contributed by atoms with E-state index in [4.69, 9.17) is 11.6 Å². The molecule has 0 atom stereocenters. The average molecular weight is 361 g/mol. The van der Waals surface area contributed by atoms with Crippen molar-refractivity contribution in [3.05, 3.63) is 40.9 Å². The highest BCUT2D eigenvalue weighted by molar-refractivity contribution is 8.93. The van der Waals surface area contributed by atoms with Gasteiger partial charge in [-0.25, -0.2) is 0 Å². The Balaban J connectivity index is 0.00000361. The van der Waals surface area contributed by atoms with Gasteiger partial charge in [-0.2, -0.15) is 0 Å². The van der Waals surface area contributed by atoms with Gasteiger partial charge in [0.25, 0.3) is 0 Å². The summed E-state index contributed by atoms with van der Waals surface area (Å²) in [5.74, 6) is 0.117. The molecule has 0 N–H and O–H groups in total. The van der Waals surface area contributed by atoms with Crippen LogP contribution in [0.1, 0.15) is 33.3 Å². The highest BCUT2D eigenvalue weighted by Gasteiger charge is 2.30. The summed E-state index contributed by atoms with van der Waals surface area (Å²) in [5.41, 5.74) is 0.514. The fourth-order valence-electron chi connectivity index (χ4n) is 2.12. The monoisotopic (exact) mass is 359 g/mol. The van der Waals surface area contributed by atoms with E-state index in [1.807, 2.05) is 44.2 Å². The van der Waals surface area contributed by atoms with Crippen LogP contribution in [0, 0.1) is 0 Å². The second kappa shape index (κ2) is 8.60. The molecule has 1 aromatic rings. The average Bonchev–Trinajstić information content (AvgIpc) is 2.38. The van der Waals surface area contributed by atoms with Gasteiger partial charge in [0.2, 0.25) is 0 Å². The van der Waals surface area contributed by atoms with Gasteiger partial charge in [-0.1, -0.05) is 43.7 Å². The summed E-state index contributed by atoms with van der Waals surface area (Å²) in [6.07, 6.45) is 3.49. The number of rotatable bonds is 6. The molecule has 0 radical (unpaired) electrons. The summed E-state index contributed by atoms with van der Waals surface area (Å²) in [6.45, 7) is 9.81. The number of hydrogen-bond acceptors (Lipinski definition) is 2. The predicted octanol–water partition coefficient (Wildman–Crippen LogP) is 4.62. The van der Waals surface area contributed by atoms with Gasteiger partial charge in [0, 0.05) is 5.02 Å². The first kappa shape index (κ1) is 19.4. The van der Waals surface area contributed by atoms with Crippen molar-refractivity contribution in [2.75, 3.05) is 13.1 Å². The van der Waals surface area contributed by atoms with Gasteiger partial charge < -0.3 is 0 Å². The van der Waals surface area contributed by atoms with Crippen LogP contribution in [-0.4, -0.2) is 29.3 Å². The van der Waals surface area contributed by atoms with Crippen LogP contribution in [0.15, 0.2) is 30.3 Å². The molecular formula is C16H23BrClNO. The Kier molecular flexibility index (Phi) is 8.33. The Labute approximate surface area is 137 Å². The van der Waals surface area contributed by atoms with Crippen molar-refractivity contribution in [3.63, 3.8) is 0 Å². The van der Waals surface area contributed by atoms with Crippen molar-refractivity contribution in [1.82, 2.24) is 4.90 Å².